The molecule has 0 spiro atoms. The van der Waals surface area contributed by atoms with Gasteiger partial charge in [0.05, 0.1) is 25.3 Å². The number of hydrogen-bond acceptors (Lipinski definition) is 5. The summed E-state index contributed by atoms with van der Waals surface area (Å²) in [5, 5.41) is 2.90. The largest absolute Gasteiger partial charge is 0.493 e. The number of hydrogen-bond donors (Lipinski definition) is 1. The second-order valence-electron chi connectivity index (χ2n) is 6.01. The van der Waals surface area contributed by atoms with Gasteiger partial charge in [0.1, 0.15) is 5.54 Å². The van der Waals surface area contributed by atoms with E-state index in [-0.39, 0.29) is 5.91 Å². The molecule has 6 nitrogen and oxygen atoms in total. The van der Waals surface area contributed by atoms with Crippen LogP contribution < -0.4 is 14.8 Å². The Morgan fingerprint density at radius 3 is 2.44 bits per heavy atom. The van der Waals surface area contributed by atoms with Crippen LogP contribution in [-0.4, -0.2) is 38.2 Å². The van der Waals surface area contributed by atoms with E-state index in [1.165, 1.54) is 14.2 Å². The molecule has 0 heterocycles. The summed E-state index contributed by atoms with van der Waals surface area (Å²) in [5.41, 5.74) is -0.566. The Kier molecular flexibility index (Phi) is 6.70. The lowest BCUT2D eigenvalue weighted by molar-refractivity contribution is -0.149. The molecule has 138 valence electrons. The van der Waals surface area contributed by atoms with Crippen molar-refractivity contribution in [3.05, 3.63) is 22.2 Å². The smallest absolute Gasteiger partial charge is 0.331 e. The van der Waals surface area contributed by atoms with E-state index in [1.54, 1.807) is 12.1 Å². The van der Waals surface area contributed by atoms with E-state index in [0.29, 0.717) is 41.0 Å². The highest BCUT2D eigenvalue weighted by Crippen LogP contribution is 2.37. The molecule has 1 aliphatic carbocycles. The van der Waals surface area contributed by atoms with Crippen molar-refractivity contribution >= 4 is 27.8 Å². The fourth-order valence-corrected chi connectivity index (χ4v) is 3.71. The third kappa shape index (κ3) is 4.26. The lowest BCUT2D eigenvalue weighted by atomic mass is 9.81. The third-order valence-corrected chi connectivity index (χ3v) is 5.01. The number of methoxy groups -OCH3 is 2. The molecular formula is C18H24BrNO5. The van der Waals surface area contributed by atoms with E-state index < -0.39 is 11.5 Å². The minimum atomic E-state index is -0.956. The van der Waals surface area contributed by atoms with Crippen LogP contribution in [0.3, 0.4) is 0 Å². The summed E-state index contributed by atoms with van der Waals surface area (Å²) in [6.45, 7) is 2.35. The Balaban J connectivity index is 2.30. The first-order valence-electron chi connectivity index (χ1n) is 8.38. The second-order valence-corrected chi connectivity index (χ2v) is 6.87. The van der Waals surface area contributed by atoms with Crippen LogP contribution in [0.15, 0.2) is 16.6 Å². The van der Waals surface area contributed by atoms with Crippen LogP contribution in [0, 0.1) is 0 Å². The van der Waals surface area contributed by atoms with Gasteiger partial charge in [0, 0.05) is 5.56 Å². The van der Waals surface area contributed by atoms with E-state index in [1.807, 2.05) is 6.92 Å². The Hall–Kier alpha value is -1.76. The van der Waals surface area contributed by atoms with Crippen LogP contribution in [0.1, 0.15) is 49.4 Å². The molecule has 0 atom stereocenters. The lowest BCUT2D eigenvalue weighted by Gasteiger charge is -2.35. The molecule has 25 heavy (non-hydrogen) atoms. The van der Waals surface area contributed by atoms with Gasteiger partial charge in [0.15, 0.2) is 11.5 Å². The average molecular weight is 414 g/mol. The van der Waals surface area contributed by atoms with Gasteiger partial charge in [-0.15, -0.1) is 0 Å². The lowest BCUT2D eigenvalue weighted by Crippen LogP contribution is -2.56. The SMILES string of the molecule is CCOc1c(Br)cc(C(=O)NC2(C(=O)OC)CCCCC2)cc1OC. The molecule has 1 amide bonds. The summed E-state index contributed by atoms with van der Waals surface area (Å²) in [6.07, 6.45) is 3.98. The molecule has 0 bridgehead atoms. The fourth-order valence-electron chi connectivity index (χ4n) is 3.16. The fraction of sp³-hybridized carbons (Fsp3) is 0.556. The maximum atomic E-state index is 12.8. The van der Waals surface area contributed by atoms with Gasteiger partial charge in [0.25, 0.3) is 5.91 Å². The van der Waals surface area contributed by atoms with Crippen molar-refractivity contribution in [2.24, 2.45) is 0 Å². The van der Waals surface area contributed by atoms with E-state index in [4.69, 9.17) is 14.2 Å². The third-order valence-electron chi connectivity index (χ3n) is 4.42. The predicted octanol–water partition coefficient (Wildman–Crippen LogP) is 3.46. The number of amides is 1. The molecule has 1 aliphatic rings. The number of carbonyl (C=O) groups excluding carboxylic acids is 2. The van der Waals surface area contributed by atoms with Gasteiger partial charge in [0.2, 0.25) is 0 Å². The van der Waals surface area contributed by atoms with E-state index in [0.717, 1.165) is 19.3 Å². The zero-order chi connectivity index (χ0) is 18.4. The monoisotopic (exact) mass is 413 g/mol. The van der Waals surface area contributed by atoms with Gasteiger partial charge in [-0.05, 0) is 47.8 Å². The first-order valence-corrected chi connectivity index (χ1v) is 9.18. The maximum absolute atomic E-state index is 12.8. The van der Waals surface area contributed by atoms with Gasteiger partial charge < -0.3 is 19.5 Å². The van der Waals surface area contributed by atoms with Crippen molar-refractivity contribution < 1.29 is 23.8 Å². The Labute approximate surface area is 156 Å². The average Bonchev–Trinajstić information content (AvgIpc) is 2.63. The summed E-state index contributed by atoms with van der Waals surface area (Å²) in [7, 11) is 2.87. The Morgan fingerprint density at radius 2 is 1.88 bits per heavy atom. The van der Waals surface area contributed by atoms with E-state index >= 15 is 0 Å². The molecule has 0 radical (unpaired) electrons. The van der Waals surface area contributed by atoms with E-state index in [9.17, 15) is 9.59 Å². The minimum Gasteiger partial charge on any atom is -0.493 e. The van der Waals surface area contributed by atoms with Crippen molar-refractivity contribution in [3.8, 4) is 11.5 Å². The number of benzene rings is 1. The summed E-state index contributed by atoms with van der Waals surface area (Å²) < 4.78 is 16.4. The highest BCUT2D eigenvalue weighted by molar-refractivity contribution is 9.10. The normalized spacial score (nSPS) is 16.0. The Bertz CT molecular complexity index is 641. The van der Waals surface area contributed by atoms with Gasteiger partial charge in [-0.3, -0.25) is 4.79 Å². The standard InChI is InChI=1S/C18H24BrNO5/c1-4-25-15-13(19)10-12(11-14(15)23-2)16(21)20-18(17(22)24-3)8-6-5-7-9-18/h10-11H,4-9H2,1-3H3,(H,20,21). The molecule has 0 saturated heterocycles. The minimum absolute atomic E-state index is 0.339. The number of ether oxygens (including phenoxy) is 3. The summed E-state index contributed by atoms with van der Waals surface area (Å²) in [6, 6.07) is 3.27. The maximum Gasteiger partial charge on any atom is 0.331 e. The molecule has 1 aromatic rings. The number of esters is 1. The summed E-state index contributed by atoms with van der Waals surface area (Å²) in [4.78, 5) is 25.1. The van der Waals surface area contributed by atoms with Crippen molar-refractivity contribution in [1.29, 1.82) is 0 Å². The predicted molar refractivity (Wildman–Crippen MR) is 97.2 cm³/mol. The van der Waals surface area contributed by atoms with Gasteiger partial charge in [-0.1, -0.05) is 19.3 Å². The van der Waals surface area contributed by atoms with Crippen LogP contribution in [0.4, 0.5) is 0 Å². The zero-order valence-electron chi connectivity index (χ0n) is 14.8. The number of rotatable bonds is 6. The van der Waals surface area contributed by atoms with Crippen LogP contribution in [0.2, 0.25) is 0 Å². The van der Waals surface area contributed by atoms with Crippen LogP contribution in [-0.2, 0) is 9.53 Å². The van der Waals surface area contributed by atoms with Crippen molar-refractivity contribution in [2.75, 3.05) is 20.8 Å². The first kappa shape index (κ1) is 19.6. The number of halogens is 1. The second kappa shape index (κ2) is 8.56. The molecule has 0 aliphatic heterocycles. The molecular weight excluding hydrogens is 390 g/mol. The molecule has 7 heteroatoms. The molecule has 1 fully saturated rings. The zero-order valence-corrected chi connectivity index (χ0v) is 16.4. The van der Waals surface area contributed by atoms with Crippen molar-refractivity contribution in [2.45, 2.75) is 44.6 Å². The van der Waals surface area contributed by atoms with Crippen LogP contribution in [0.5, 0.6) is 11.5 Å². The molecule has 1 N–H and O–H groups in total. The topological polar surface area (TPSA) is 73.9 Å². The molecule has 1 aromatic carbocycles. The molecule has 0 aromatic heterocycles. The van der Waals surface area contributed by atoms with Crippen molar-refractivity contribution in [1.82, 2.24) is 5.32 Å². The number of carbonyl (C=O) groups is 2. The van der Waals surface area contributed by atoms with Gasteiger partial charge in [-0.2, -0.15) is 0 Å². The number of nitrogens with one attached hydrogen (secondary N) is 1. The van der Waals surface area contributed by atoms with E-state index in [2.05, 4.69) is 21.2 Å². The van der Waals surface area contributed by atoms with Crippen LogP contribution >= 0.6 is 15.9 Å². The Morgan fingerprint density at radius 1 is 1.20 bits per heavy atom. The first-order chi connectivity index (χ1) is 12.0. The molecule has 0 unspecified atom stereocenters. The molecule has 2 rings (SSSR count). The quantitative estimate of drug-likeness (QED) is 0.722. The molecule has 1 saturated carbocycles. The summed E-state index contributed by atoms with van der Waals surface area (Å²) in [5.74, 6) is 0.269. The van der Waals surface area contributed by atoms with Gasteiger partial charge >= 0.3 is 5.97 Å². The highest BCUT2D eigenvalue weighted by atomic mass is 79.9. The highest BCUT2D eigenvalue weighted by Gasteiger charge is 2.42. The van der Waals surface area contributed by atoms with Crippen LogP contribution in [0.25, 0.3) is 0 Å². The van der Waals surface area contributed by atoms with Gasteiger partial charge in [-0.25, -0.2) is 4.79 Å². The van der Waals surface area contributed by atoms with Crippen molar-refractivity contribution in [3.63, 3.8) is 0 Å². The summed E-state index contributed by atoms with van der Waals surface area (Å²) >= 11 is 3.41.